The number of carbonyl (C=O) groups excluding carboxylic acids is 2. The second-order valence-electron chi connectivity index (χ2n) is 5.13. The van der Waals surface area contributed by atoms with Crippen molar-refractivity contribution in [2.45, 2.75) is 6.92 Å². The highest BCUT2D eigenvalue weighted by atomic mass is 79.9. The fraction of sp³-hybridized carbons (Fsp3) is 0.0588. The number of hydrogen-bond donors (Lipinski definition) is 1. The zero-order valence-corrected chi connectivity index (χ0v) is 14.5. The average molecular weight is 392 g/mol. The summed E-state index contributed by atoms with van der Waals surface area (Å²) in [6.45, 7) is 1.87. The van der Waals surface area contributed by atoms with Crippen molar-refractivity contribution < 1.29 is 9.59 Å². The van der Waals surface area contributed by atoms with Gasteiger partial charge in [-0.1, -0.05) is 45.7 Å². The van der Waals surface area contributed by atoms with Crippen LogP contribution in [0.15, 0.2) is 52.5 Å². The van der Waals surface area contributed by atoms with Crippen LogP contribution >= 0.6 is 27.5 Å². The zero-order chi connectivity index (χ0) is 16.6. The number of anilines is 1. The molecule has 0 aromatic heterocycles. The van der Waals surface area contributed by atoms with Gasteiger partial charge in [-0.25, -0.2) is 5.01 Å². The van der Waals surface area contributed by atoms with Crippen molar-refractivity contribution in [2.24, 2.45) is 0 Å². The van der Waals surface area contributed by atoms with E-state index in [2.05, 4.69) is 21.4 Å². The van der Waals surface area contributed by atoms with Gasteiger partial charge in [-0.3, -0.25) is 15.0 Å². The van der Waals surface area contributed by atoms with E-state index in [9.17, 15) is 9.59 Å². The summed E-state index contributed by atoms with van der Waals surface area (Å²) < 4.78 is 0.875. The molecule has 1 heterocycles. The molecule has 0 radical (unpaired) electrons. The van der Waals surface area contributed by atoms with E-state index in [1.807, 2.05) is 31.2 Å². The van der Waals surface area contributed by atoms with Crippen LogP contribution in [0.4, 0.5) is 5.69 Å². The molecule has 3 rings (SSSR count). The van der Waals surface area contributed by atoms with Crippen molar-refractivity contribution in [1.29, 1.82) is 0 Å². The second-order valence-corrected chi connectivity index (χ2v) is 6.45. The molecule has 0 bridgehead atoms. The van der Waals surface area contributed by atoms with Gasteiger partial charge in [0.2, 0.25) is 0 Å². The minimum Gasteiger partial charge on any atom is -0.267 e. The number of carbonyl (C=O) groups is 2. The Hall–Kier alpha value is -2.11. The maximum Gasteiger partial charge on any atom is 0.282 e. The highest BCUT2D eigenvalue weighted by Crippen LogP contribution is 2.26. The topological polar surface area (TPSA) is 49.4 Å². The number of nitrogens with one attached hydrogen (secondary N) is 1. The average Bonchev–Trinajstić information content (AvgIpc) is 2.78. The van der Waals surface area contributed by atoms with E-state index >= 15 is 0 Å². The van der Waals surface area contributed by atoms with E-state index in [1.165, 1.54) is 5.01 Å². The molecule has 1 aliphatic heterocycles. The van der Waals surface area contributed by atoms with Crippen LogP contribution in [0, 0.1) is 6.92 Å². The summed E-state index contributed by atoms with van der Waals surface area (Å²) in [7, 11) is 0. The molecular formula is C17H12BrClN2O2. The number of hydrazine groups is 1. The lowest BCUT2D eigenvalue weighted by Gasteiger charge is -2.15. The fourth-order valence-corrected chi connectivity index (χ4v) is 2.81. The van der Waals surface area contributed by atoms with Gasteiger partial charge in [0.15, 0.2) is 0 Å². The molecule has 0 aliphatic carbocycles. The standard InChI is InChI=1S/C17H12BrClN2O2/c1-10-5-6-13(9-15(10)19)21-17(23)14(16(22)20-21)8-11-3-2-4-12(18)7-11/h2-9H,1H3,(H,20,22)/b14-8-. The molecule has 1 fully saturated rings. The molecule has 0 saturated carbocycles. The number of rotatable bonds is 2. The first kappa shape index (κ1) is 15.8. The first-order valence-electron chi connectivity index (χ1n) is 6.84. The number of amides is 2. The third kappa shape index (κ3) is 3.16. The Balaban J connectivity index is 1.95. The number of aryl methyl sites for hydroxylation is 1. The third-order valence-corrected chi connectivity index (χ3v) is 4.37. The van der Waals surface area contributed by atoms with Crippen LogP contribution in [0.1, 0.15) is 11.1 Å². The van der Waals surface area contributed by atoms with Crippen LogP contribution in [0.3, 0.4) is 0 Å². The summed E-state index contributed by atoms with van der Waals surface area (Å²) in [5, 5.41) is 1.74. The zero-order valence-electron chi connectivity index (χ0n) is 12.1. The van der Waals surface area contributed by atoms with Gasteiger partial charge >= 0.3 is 0 Å². The van der Waals surface area contributed by atoms with Crippen LogP contribution in [-0.4, -0.2) is 11.8 Å². The van der Waals surface area contributed by atoms with Crippen molar-refractivity contribution in [1.82, 2.24) is 5.43 Å². The third-order valence-electron chi connectivity index (χ3n) is 3.46. The van der Waals surface area contributed by atoms with Crippen molar-refractivity contribution in [3.63, 3.8) is 0 Å². The Labute approximate surface area is 146 Å². The molecule has 1 saturated heterocycles. The summed E-state index contributed by atoms with van der Waals surface area (Å²) in [4.78, 5) is 24.6. The molecule has 2 aromatic carbocycles. The molecule has 2 amide bonds. The monoisotopic (exact) mass is 390 g/mol. The van der Waals surface area contributed by atoms with Gasteiger partial charge in [0.05, 0.1) is 5.69 Å². The normalized spacial score (nSPS) is 16.1. The Morgan fingerprint density at radius 2 is 1.96 bits per heavy atom. The van der Waals surface area contributed by atoms with Gasteiger partial charge in [-0.2, -0.15) is 0 Å². The quantitative estimate of drug-likeness (QED) is 0.624. The van der Waals surface area contributed by atoms with E-state index in [1.54, 1.807) is 24.3 Å². The molecule has 2 aromatic rings. The van der Waals surface area contributed by atoms with E-state index in [0.29, 0.717) is 10.7 Å². The van der Waals surface area contributed by atoms with Crippen LogP contribution in [0.25, 0.3) is 6.08 Å². The molecule has 1 N–H and O–H groups in total. The highest BCUT2D eigenvalue weighted by Gasteiger charge is 2.34. The molecule has 0 spiro atoms. The van der Waals surface area contributed by atoms with Crippen LogP contribution in [-0.2, 0) is 9.59 Å². The van der Waals surface area contributed by atoms with E-state index in [0.717, 1.165) is 15.6 Å². The van der Waals surface area contributed by atoms with Crippen molar-refractivity contribution >= 4 is 51.1 Å². The van der Waals surface area contributed by atoms with Crippen molar-refractivity contribution in [3.8, 4) is 0 Å². The van der Waals surface area contributed by atoms with Gasteiger partial charge in [0.1, 0.15) is 5.57 Å². The van der Waals surface area contributed by atoms with Crippen molar-refractivity contribution in [3.05, 3.63) is 68.7 Å². The highest BCUT2D eigenvalue weighted by molar-refractivity contribution is 9.10. The number of hydrogen-bond acceptors (Lipinski definition) is 2. The maximum absolute atomic E-state index is 12.5. The summed E-state index contributed by atoms with van der Waals surface area (Å²) in [6, 6.07) is 12.6. The molecule has 0 atom stereocenters. The minimum absolute atomic E-state index is 0.0831. The number of halogens is 2. The fourth-order valence-electron chi connectivity index (χ4n) is 2.22. The predicted octanol–water partition coefficient (Wildman–Crippen LogP) is 3.87. The Bertz CT molecular complexity index is 848. The molecule has 1 aliphatic rings. The SMILES string of the molecule is Cc1ccc(N2NC(=O)/C(=C/c3cccc(Br)c3)C2=O)cc1Cl. The Morgan fingerprint density at radius 1 is 1.17 bits per heavy atom. The summed E-state index contributed by atoms with van der Waals surface area (Å²) in [6.07, 6.45) is 1.57. The smallest absolute Gasteiger partial charge is 0.267 e. The molecule has 4 nitrogen and oxygen atoms in total. The lowest BCUT2D eigenvalue weighted by molar-refractivity contribution is -0.117. The first-order chi connectivity index (χ1) is 11.0. The molecule has 0 unspecified atom stereocenters. The van der Waals surface area contributed by atoms with Crippen LogP contribution < -0.4 is 10.4 Å². The molecule has 116 valence electrons. The largest absolute Gasteiger partial charge is 0.282 e. The Kier molecular flexibility index (Phi) is 4.24. The van der Waals surface area contributed by atoms with Crippen LogP contribution in [0.2, 0.25) is 5.02 Å². The maximum atomic E-state index is 12.5. The first-order valence-corrected chi connectivity index (χ1v) is 8.01. The minimum atomic E-state index is -0.438. The number of nitrogens with zero attached hydrogens (tertiary/aromatic N) is 1. The van der Waals surface area contributed by atoms with Gasteiger partial charge in [-0.05, 0) is 48.4 Å². The molecular weight excluding hydrogens is 380 g/mol. The van der Waals surface area contributed by atoms with E-state index in [-0.39, 0.29) is 5.57 Å². The number of benzene rings is 2. The van der Waals surface area contributed by atoms with E-state index in [4.69, 9.17) is 11.6 Å². The summed E-state index contributed by atoms with van der Waals surface area (Å²) >= 11 is 9.45. The van der Waals surface area contributed by atoms with Gasteiger partial charge in [0, 0.05) is 9.50 Å². The van der Waals surface area contributed by atoms with Crippen LogP contribution in [0.5, 0.6) is 0 Å². The Morgan fingerprint density at radius 3 is 2.65 bits per heavy atom. The summed E-state index contributed by atoms with van der Waals surface area (Å²) in [5.74, 6) is -0.846. The predicted molar refractivity (Wildman–Crippen MR) is 93.9 cm³/mol. The van der Waals surface area contributed by atoms with Gasteiger partial charge in [-0.15, -0.1) is 0 Å². The molecule has 23 heavy (non-hydrogen) atoms. The summed E-state index contributed by atoms with van der Waals surface area (Å²) in [5.41, 5.74) is 4.83. The van der Waals surface area contributed by atoms with E-state index < -0.39 is 11.8 Å². The van der Waals surface area contributed by atoms with Gasteiger partial charge < -0.3 is 0 Å². The lowest BCUT2D eigenvalue weighted by Crippen LogP contribution is -2.35. The second kappa shape index (κ2) is 6.18. The molecule has 6 heteroatoms. The lowest BCUT2D eigenvalue weighted by atomic mass is 10.1. The van der Waals surface area contributed by atoms with Crippen molar-refractivity contribution in [2.75, 3.05) is 5.01 Å². The van der Waals surface area contributed by atoms with Gasteiger partial charge in [0.25, 0.3) is 11.8 Å².